The van der Waals surface area contributed by atoms with Gasteiger partial charge in [-0.1, -0.05) is 18.2 Å². The predicted octanol–water partition coefficient (Wildman–Crippen LogP) is 2.97. The third-order valence-electron chi connectivity index (χ3n) is 3.05. The molecule has 2 aromatic rings. The SMILES string of the molecule is Cc1nc(-c2ccccc2NC(=O)C2C=CC(=O)N=N2)cs1. The van der Waals surface area contributed by atoms with Gasteiger partial charge in [-0.3, -0.25) is 9.59 Å². The van der Waals surface area contributed by atoms with Gasteiger partial charge in [-0.15, -0.1) is 16.5 Å². The van der Waals surface area contributed by atoms with E-state index in [1.54, 1.807) is 17.4 Å². The summed E-state index contributed by atoms with van der Waals surface area (Å²) in [4.78, 5) is 27.6. The van der Waals surface area contributed by atoms with Crippen LogP contribution in [-0.2, 0) is 9.59 Å². The number of aryl methyl sites for hydroxylation is 1. The Morgan fingerprint density at radius 3 is 2.82 bits per heavy atom. The molecule has 7 heteroatoms. The van der Waals surface area contributed by atoms with Gasteiger partial charge in [0.25, 0.3) is 11.8 Å². The first-order valence-corrected chi connectivity index (χ1v) is 7.47. The molecule has 0 saturated heterocycles. The van der Waals surface area contributed by atoms with E-state index in [0.717, 1.165) is 16.3 Å². The number of aromatic nitrogens is 1. The van der Waals surface area contributed by atoms with Crippen LogP contribution in [0.4, 0.5) is 5.69 Å². The zero-order valence-electron chi connectivity index (χ0n) is 11.7. The Balaban J connectivity index is 1.84. The van der Waals surface area contributed by atoms with Crippen molar-refractivity contribution >= 4 is 28.8 Å². The Bertz CT molecular complexity index is 778. The number of rotatable bonds is 3. The maximum atomic E-state index is 12.2. The number of amides is 2. The number of thiazole rings is 1. The van der Waals surface area contributed by atoms with Crippen molar-refractivity contribution < 1.29 is 9.59 Å². The van der Waals surface area contributed by atoms with E-state index in [1.165, 1.54) is 12.2 Å². The van der Waals surface area contributed by atoms with Crippen molar-refractivity contribution in [2.75, 3.05) is 5.32 Å². The molecule has 0 saturated carbocycles. The molecule has 1 unspecified atom stereocenters. The molecule has 1 atom stereocenters. The Hall–Kier alpha value is -2.67. The standard InChI is InChI=1S/C15H12N4O2S/c1-9-16-13(8-22-9)10-4-2-3-5-11(10)17-15(21)12-6-7-14(20)19-18-12/h2-8,12H,1H3,(H,17,21). The first-order chi connectivity index (χ1) is 10.6. The Morgan fingerprint density at radius 2 is 2.14 bits per heavy atom. The molecule has 0 aliphatic carbocycles. The van der Waals surface area contributed by atoms with E-state index in [-0.39, 0.29) is 5.91 Å². The molecular weight excluding hydrogens is 300 g/mol. The fourth-order valence-corrected chi connectivity index (χ4v) is 2.63. The maximum absolute atomic E-state index is 12.2. The summed E-state index contributed by atoms with van der Waals surface area (Å²) in [5, 5.41) is 12.8. The summed E-state index contributed by atoms with van der Waals surface area (Å²) in [6.07, 6.45) is 2.67. The van der Waals surface area contributed by atoms with Gasteiger partial charge in [0.05, 0.1) is 16.4 Å². The summed E-state index contributed by atoms with van der Waals surface area (Å²) in [5.74, 6) is -0.797. The minimum atomic E-state index is -0.789. The fourth-order valence-electron chi connectivity index (χ4n) is 2.01. The van der Waals surface area contributed by atoms with Gasteiger partial charge in [-0.2, -0.15) is 5.11 Å². The Kier molecular flexibility index (Phi) is 3.88. The highest BCUT2D eigenvalue weighted by Gasteiger charge is 2.19. The number of carbonyl (C=O) groups is 2. The van der Waals surface area contributed by atoms with Crippen molar-refractivity contribution in [3.05, 3.63) is 46.8 Å². The second kappa shape index (κ2) is 5.98. The van der Waals surface area contributed by atoms with Crippen LogP contribution in [0, 0.1) is 6.92 Å². The second-order valence-electron chi connectivity index (χ2n) is 4.64. The van der Waals surface area contributed by atoms with Crippen LogP contribution in [0.3, 0.4) is 0 Å². The lowest BCUT2D eigenvalue weighted by molar-refractivity contribution is -0.117. The summed E-state index contributed by atoms with van der Waals surface area (Å²) in [5.41, 5.74) is 2.31. The van der Waals surface area contributed by atoms with E-state index in [1.807, 2.05) is 30.5 Å². The third-order valence-corrected chi connectivity index (χ3v) is 3.82. The van der Waals surface area contributed by atoms with Gasteiger partial charge in [0.15, 0.2) is 6.04 Å². The summed E-state index contributed by atoms with van der Waals surface area (Å²) in [7, 11) is 0. The van der Waals surface area contributed by atoms with Gasteiger partial charge in [0, 0.05) is 17.0 Å². The summed E-state index contributed by atoms with van der Waals surface area (Å²) in [6.45, 7) is 1.93. The molecule has 110 valence electrons. The Labute approximate surface area is 130 Å². The molecule has 22 heavy (non-hydrogen) atoms. The molecule has 1 aromatic carbocycles. The quantitative estimate of drug-likeness (QED) is 0.945. The van der Waals surface area contributed by atoms with Crippen LogP contribution in [-0.4, -0.2) is 22.8 Å². The lowest BCUT2D eigenvalue weighted by atomic mass is 10.1. The molecule has 2 amide bonds. The zero-order chi connectivity index (χ0) is 15.5. The van der Waals surface area contributed by atoms with Gasteiger partial charge in [0.2, 0.25) is 0 Å². The number of hydrogen-bond acceptors (Lipinski definition) is 5. The van der Waals surface area contributed by atoms with Crippen molar-refractivity contribution in [2.24, 2.45) is 10.2 Å². The van der Waals surface area contributed by atoms with Crippen LogP contribution >= 0.6 is 11.3 Å². The number of nitrogens with zero attached hydrogens (tertiary/aromatic N) is 3. The van der Waals surface area contributed by atoms with Gasteiger partial charge in [-0.25, -0.2) is 4.98 Å². The largest absolute Gasteiger partial charge is 0.323 e. The third kappa shape index (κ3) is 2.99. The van der Waals surface area contributed by atoms with Gasteiger partial charge in [-0.05, 0) is 19.1 Å². The molecule has 1 N–H and O–H groups in total. The lowest BCUT2D eigenvalue weighted by Gasteiger charge is -2.12. The number of anilines is 1. The molecule has 1 aliphatic heterocycles. The fraction of sp³-hybridized carbons (Fsp3) is 0.133. The normalized spacial score (nSPS) is 16.8. The van der Waals surface area contributed by atoms with Crippen molar-refractivity contribution in [1.82, 2.24) is 4.98 Å². The monoisotopic (exact) mass is 312 g/mol. The number of benzene rings is 1. The molecule has 6 nitrogen and oxygen atoms in total. The molecule has 2 heterocycles. The molecule has 3 rings (SSSR count). The van der Waals surface area contributed by atoms with Gasteiger partial charge in [0.1, 0.15) is 0 Å². The van der Waals surface area contributed by atoms with E-state index in [0.29, 0.717) is 5.69 Å². The van der Waals surface area contributed by atoms with Crippen molar-refractivity contribution in [2.45, 2.75) is 13.0 Å². The first-order valence-electron chi connectivity index (χ1n) is 6.59. The van der Waals surface area contributed by atoms with E-state index in [9.17, 15) is 9.59 Å². The zero-order valence-corrected chi connectivity index (χ0v) is 12.5. The number of azo groups is 1. The molecule has 1 aromatic heterocycles. The smallest absolute Gasteiger partial charge is 0.287 e. The lowest BCUT2D eigenvalue weighted by Crippen LogP contribution is -2.26. The first kappa shape index (κ1) is 14.3. The summed E-state index contributed by atoms with van der Waals surface area (Å²) in [6, 6.07) is 6.63. The highest BCUT2D eigenvalue weighted by Crippen LogP contribution is 2.29. The van der Waals surface area contributed by atoms with E-state index in [2.05, 4.69) is 20.5 Å². The average Bonchev–Trinajstić information content (AvgIpc) is 2.95. The highest BCUT2D eigenvalue weighted by atomic mass is 32.1. The van der Waals surface area contributed by atoms with Crippen LogP contribution in [0.25, 0.3) is 11.3 Å². The molecule has 1 aliphatic rings. The maximum Gasteiger partial charge on any atom is 0.287 e. The Morgan fingerprint density at radius 1 is 1.32 bits per heavy atom. The molecule has 0 bridgehead atoms. The minimum absolute atomic E-state index is 0.341. The number of carbonyl (C=O) groups excluding carboxylic acids is 2. The molecular formula is C15H12N4O2S. The number of para-hydroxylation sites is 1. The van der Waals surface area contributed by atoms with E-state index < -0.39 is 11.9 Å². The van der Waals surface area contributed by atoms with Crippen molar-refractivity contribution in [3.63, 3.8) is 0 Å². The molecule has 0 spiro atoms. The van der Waals surface area contributed by atoms with E-state index >= 15 is 0 Å². The number of hydrogen-bond donors (Lipinski definition) is 1. The van der Waals surface area contributed by atoms with Crippen molar-refractivity contribution in [3.8, 4) is 11.3 Å². The van der Waals surface area contributed by atoms with Gasteiger partial charge < -0.3 is 5.32 Å². The summed E-state index contributed by atoms with van der Waals surface area (Å²) < 4.78 is 0. The van der Waals surface area contributed by atoms with E-state index in [4.69, 9.17) is 0 Å². The topological polar surface area (TPSA) is 83.8 Å². The van der Waals surface area contributed by atoms with Crippen LogP contribution in [0.5, 0.6) is 0 Å². The van der Waals surface area contributed by atoms with Crippen LogP contribution in [0.2, 0.25) is 0 Å². The second-order valence-corrected chi connectivity index (χ2v) is 5.71. The predicted molar refractivity (Wildman–Crippen MR) is 83.7 cm³/mol. The minimum Gasteiger partial charge on any atom is -0.323 e. The molecule has 0 fully saturated rings. The van der Waals surface area contributed by atoms with Crippen molar-refractivity contribution in [1.29, 1.82) is 0 Å². The number of nitrogens with one attached hydrogen (secondary N) is 1. The van der Waals surface area contributed by atoms with Crippen LogP contribution in [0.1, 0.15) is 5.01 Å². The summed E-state index contributed by atoms with van der Waals surface area (Å²) >= 11 is 1.55. The van der Waals surface area contributed by atoms with Crippen LogP contribution in [0.15, 0.2) is 52.0 Å². The molecule has 0 radical (unpaired) electrons. The van der Waals surface area contributed by atoms with Gasteiger partial charge >= 0.3 is 0 Å². The van der Waals surface area contributed by atoms with Crippen LogP contribution < -0.4 is 5.32 Å². The average molecular weight is 312 g/mol. The highest BCUT2D eigenvalue weighted by molar-refractivity contribution is 7.09.